The Balaban J connectivity index is 4.73. The van der Waals surface area contributed by atoms with Crippen LogP contribution in [-0.4, -0.2) is 31.4 Å². The van der Waals surface area contributed by atoms with Crippen molar-refractivity contribution in [1.82, 2.24) is 0 Å². The highest BCUT2D eigenvalue weighted by Gasteiger charge is 2.27. The Kier molecular flexibility index (Phi) is 6.24. The van der Waals surface area contributed by atoms with Crippen molar-refractivity contribution in [2.75, 3.05) is 13.2 Å². The fraction of sp³-hybridized carbons (Fsp3) is 0.556. The minimum atomic E-state index is -3.25. The highest BCUT2D eigenvalue weighted by atomic mass is 19.3. The van der Waals surface area contributed by atoms with Gasteiger partial charge >= 0.3 is 12.4 Å². The molecule has 0 aliphatic carbocycles. The van der Waals surface area contributed by atoms with Gasteiger partial charge < -0.3 is 9.47 Å². The van der Waals surface area contributed by atoms with E-state index in [1.165, 1.54) is 6.92 Å². The number of esters is 1. The van der Waals surface area contributed by atoms with E-state index in [4.69, 9.17) is 0 Å². The fourth-order valence-corrected chi connectivity index (χ4v) is 0.700. The van der Waals surface area contributed by atoms with E-state index in [0.717, 1.165) is 0 Å². The van der Waals surface area contributed by atoms with Crippen molar-refractivity contribution >= 4 is 11.8 Å². The predicted octanol–water partition coefficient (Wildman–Crippen LogP) is 1.30. The quantitative estimate of drug-likeness (QED) is 0.223. The molecule has 0 spiro atoms. The molecule has 4 nitrogen and oxygen atoms in total. The molecule has 0 aliphatic rings. The first-order chi connectivity index (χ1) is 7.04. The van der Waals surface area contributed by atoms with Crippen molar-refractivity contribution in [3.05, 3.63) is 11.8 Å². The summed E-state index contributed by atoms with van der Waals surface area (Å²) >= 11 is 0. The monoisotopic (exact) mass is 222 g/mol. The number of carbonyl (C=O) groups excluding carboxylic acids is 2. The zero-order valence-corrected chi connectivity index (χ0v) is 8.46. The Morgan fingerprint density at radius 2 is 1.87 bits per heavy atom. The lowest BCUT2D eigenvalue weighted by atomic mass is 10.2. The van der Waals surface area contributed by atoms with E-state index in [2.05, 4.69) is 9.47 Å². The lowest BCUT2D eigenvalue weighted by Crippen LogP contribution is -2.21. The third-order valence-electron chi connectivity index (χ3n) is 1.33. The maximum atomic E-state index is 12.1. The molecule has 0 bridgehead atoms. The van der Waals surface area contributed by atoms with Crippen LogP contribution >= 0.6 is 0 Å². The van der Waals surface area contributed by atoms with Gasteiger partial charge in [-0.2, -0.15) is 0 Å². The third kappa shape index (κ3) is 4.53. The topological polar surface area (TPSA) is 52.6 Å². The number of Topliss-reactive ketones (excluding diaryl/α,β-unsaturated/α-hetero) is 1. The minimum Gasteiger partial charge on any atom is -0.500 e. The van der Waals surface area contributed by atoms with E-state index in [1.54, 1.807) is 6.92 Å². The Morgan fingerprint density at radius 3 is 2.27 bits per heavy atom. The molecule has 0 radical (unpaired) electrons. The zero-order chi connectivity index (χ0) is 11.8. The van der Waals surface area contributed by atoms with Crippen molar-refractivity contribution in [3.8, 4) is 0 Å². The van der Waals surface area contributed by atoms with Crippen molar-refractivity contribution in [1.29, 1.82) is 0 Å². The van der Waals surface area contributed by atoms with Crippen molar-refractivity contribution in [3.63, 3.8) is 0 Å². The van der Waals surface area contributed by atoms with Gasteiger partial charge in [0.15, 0.2) is 0 Å². The minimum absolute atomic E-state index is 0.00117. The second-order valence-corrected chi connectivity index (χ2v) is 2.37. The molecule has 0 atom stereocenters. The fourth-order valence-electron chi connectivity index (χ4n) is 0.700. The predicted molar refractivity (Wildman–Crippen MR) is 47.4 cm³/mol. The summed E-state index contributed by atoms with van der Waals surface area (Å²) in [5, 5.41) is 0. The first kappa shape index (κ1) is 13.5. The van der Waals surface area contributed by atoms with Crippen LogP contribution in [0.5, 0.6) is 0 Å². The molecule has 0 aromatic rings. The molecule has 0 unspecified atom stereocenters. The van der Waals surface area contributed by atoms with Crippen LogP contribution in [0.15, 0.2) is 11.8 Å². The zero-order valence-electron chi connectivity index (χ0n) is 8.46. The van der Waals surface area contributed by atoms with Gasteiger partial charge in [-0.3, -0.25) is 4.79 Å². The van der Waals surface area contributed by atoms with Gasteiger partial charge in [0.1, 0.15) is 11.8 Å². The number of alkyl halides is 2. The molecule has 15 heavy (non-hydrogen) atoms. The number of hydrogen-bond donors (Lipinski definition) is 0. The van der Waals surface area contributed by atoms with Crippen LogP contribution in [0.4, 0.5) is 8.78 Å². The molecule has 6 heteroatoms. The number of ether oxygens (including phenoxy) is 2. The molecular formula is C9H12F2O4. The molecule has 0 aromatic carbocycles. The van der Waals surface area contributed by atoms with Crippen molar-refractivity contribution in [2.24, 2.45) is 0 Å². The highest BCUT2D eigenvalue weighted by Crippen LogP contribution is 2.08. The molecule has 0 heterocycles. The summed E-state index contributed by atoms with van der Waals surface area (Å²) in [4.78, 5) is 21.9. The van der Waals surface area contributed by atoms with Crippen LogP contribution in [-0.2, 0) is 19.1 Å². The van der Waals surface area contributed by atoms with Gasteiger partial charge in [-0.05, 0) is 13.8 Å². The largest absolute Gasteiger partial charge is 0.500 e. The van der Waals surface area contributed by atoms with Gasteiger partial charge in [-0.25, -0.2) is 13.6 Å². The maximum absolute atomic E-state index is 12.1. The Bertz CT molecular complexity index is 261. The van der Waals surface area contributed by atoms with Crippen LogP contribution in [0.3, 0.4) is 0 Å². The van der Waals surface area contributed by atoms with E-state index in [0.29, 0.717) is 6.26 Å². The van der Waals surface area contributed by atoms with Crippen LogP contribution < -0.4 is 0 Å². The first-order valence-corrected chi connectivity index (χ1v) is 4.35. The maximum Gasteiger partial charge on any atom is 0.345 e. The van der Waals surface area contributed by atoms with Gasteiger partial charge in [-0.15, -0.1) is 0 Å². The van der Waals surface area contributed by atoms with Gasteiger partial charge in [-0.1, -0.05) is 0 Å². The van der Waals surface area contributed by atoms with Gasteiger partial charge in [0, 0.05) is 0 Å². The van der Waals surface area contributed by atoms with Crippen LogP contribution in [0.25, 0.3) is 0 Å². The van der Waals surface area contributed by atoms with Gasteiger partial charge in [0.2, 0.25) is 5.78 Å². The summed E-state index contributed by atoms with van der Waals surface area (Å²) in [6.45, 7) is 3.26. The lowest BCUT2D eigenvalue weighted by molar-refractivity contribution is -0.142. The number of rotatable bonds is 6. The molecule has 86 valence electrons. The molecule has 0 amide bonds. The standard InChI is InChI=1S/C9H12F2O4/c1-3-14-5-6(7(12)8(10)11)9(13)15-4-2/h5,8H,3-4H2,1-2H3/b6-5-. The summed E-state index contributed by atoms with van der Waals surface area (Å²) in [7, 11) is 0. The summed E-state index contributed by atoms with van der Waals surface area (Å²) in [5.41, 5.74) is -0.770. The Hall–Kier alpha value is -1.46. The van der Waals surface area contributed by atoms with Gasteiger partial charge in [0.25, 0.3) is 0 Å². The summed E-state index contributed by atoms with van der Waals surface area (Å²) in [5.74, 6) is -2.70. The number of carbonyl (C=O) groups is 2. The summed E-state index contributed by atoms with van der Waals surface area (Å²) in [6.07, 6.45) is -2.55. The average Bonchev–Trinajstić information content (AvgIpc) is 2.18. The number of halogens is 2. The van der Waals surface area contributed by atoms with E-state index in [9.17, 15) is 18.4 Å². The molecule has 0 aliphatic heterocycles. The molecule has 0 aromatic heterocycles. The molecule has 0 fully saturated rings. The van der Waals surface area contributed by atoms with Crippen LogP contribution in [0, 0.1) is 0 Å². The smallest absolute Gasteiger partial charge is 0.345 e. The third-order valence-corrected chi connectivity index (χ3v) is 1.33. The first-order valence-electron chi connectivity index (χ1n) is 4.35. The normalized spacial score (nSPS) is 11.4. The number of ketones is 1. The second kappa shape index (κ2) is 6.92. The van der Waals surface area contributed by atoms with E-state index in [1.807, 2.05) is 0 Å². The SMILES string of the molecule is CCO/C=C(\C(=O)OCC)C(=O)C(F)F. The van der Waals surface area contributed by atoms with Crippen LogP contribution in [0.2, 0.25) is 0 Å². The Labute approximate surface area is 85.9 Å². The molecule has 0 saturated carbocycles. The van der Waals surface area contributed by atoms with Gasteiger partial charge in [0.05, 0.1) is 13.2 Å². The summed E-state index contributed by atoms with van der Waals surface area (Å²) < 4.78 is 33.2. The van der Waals surface area contributed by atoms with Crippen LogP contribution in [0.1, 0.15) is 13.8 Å². The lowest BCUT2D eigenvalue weighted by Gasteiger charge is -2.05. The average molecular weight is 222 g/mol. The van der Waals surface area contributed by atoms with Crippen molar-refractivity contribution in [2.45, 2.75) is 20.3 Å². The molecular weight excluding hydrogens is 210 g/mol. The Morgan fingerprint density at radius 1 is 1.27 bits per heavy atom. The highest BCUT2D eigenvalue weighted by molar-refractivity contribution is 6.18. The second-order valence-electron chi connectivity index (χ2n) is 2.37. The molecule has 0 rings (SSSR count). The molecule has 0 saturated heterocycles. The van der Waals surface area contributed by atoms with Crippen molar-refractivity contribution < 1.29 is 27.8 Å². The number of hydrogen-bond acceptors (Lipinski definition) is 4. The van der Waals surface area contributed by atoms with E-state index in [-0.39, 0.29) is 13.2 Å². The van der Waals surface area contributed by atoms with E-state index >= 15 is 0 Å². The summed E-state index contributed by atoms with van der Waals surface area (Å²) in [6, 6.07) is 0. The van der Waals surface area contributed by atoms with E-state index < -0.39 is 23.8 Å². The molecule has 0 N–H and O–H groups in total.